The Balaban J connectivity index is 1.24. The van der Waals surface area contributed by atoms with Gasteiger partial charge < -0.3 is 14.2 Å². The van der Waals surface area contributed by atoms with Gasteiger partial charge in [-0.1, -0.05) is 66.7 Å². The lowest BCUT2D eigenvalue weighted by Crippen LogP contribution is -2.39. The summed E-state index contributed by atoms with van der Waals surface area (Å²) in [7, 11) is 1.72. The zero-order chi connectivity index (χ0) is 24.3. The van der Waals surface area contributed by atoms with E-state index in [9.17, 15) is 0 Å². The molecule has 36 heavy (non-hydrogen) atoms. The van der Waals surface area contributed by atoms with Crippen LogP contribution >= 0.6 is 0 Å². The van der Waals surface area contributed by atoms with E-state index in [-0.39, 0.29) is 0 Å². The minimum absolute atomic E-state index is 0.329. The van der Waals surface area contributed by atoms with E-state index in [4.69, 9.17) is 14.2 Å². The molecule has 1 unspecified atom stereocenters. The van der Waals surface area contributed by atoms with Crippen LogP contribution in [0.4, 0.5) is 0 Å². The van der Waals surface area contributed by atoms with Gasteiger partial charge in [0.2, 0.25) is 0 Å². The average molecular weight is 478 g/mol. The fraction of sp³-hybridized carbons (Fsp3) is 0.250. The van der Waals surface area contributed by atoms with E-state index in [0.29, 0.717) is 19.3 Å². The maximum Gasteiger partial charge on any atom is 0.162 e. The number of fused-ring (bicyclic) bond motifs is 4. The van der Waals surface area contributed by atoms with Crippen LogP contribution in [-0.4, -0.2) is 18.6 Å². The van der Waals surface area contributed by atoms with Crippen molar-refractivity contribution in [3.8, 4) is 17.2 Å². The molecule has 0 fully saturated rings. The van der Waals surface area contributed by atoms with E-state index in [0.717, 1.165) is 48.7 Å². The summed E-state index contributed by atoms with van der Waals surface area (Å²) >= 11 is 0. The summed E-state index contributed by atoms with van der Waals surface area (Å²) in [5.74, 6) is 2.56. The van der Waals surface area contributed by atoms with E-state index in [1.165, 1.54) is 27.8 Å². The van der Waals surface area contributed by atoms with Gasteiger partial charge in [-0.15, -0.1) is 0 Å². The topological polar surface area (TPSA) is 30.9 Å². The predicted molar refractivity (Wildman–Crippen MR) is 142 cm³/mol. The molecule has 0 N–H and O–H groups in total. The van der Waals surface area contributed by atoms with E-state index in [1.807, 2.05) is 36.4 Å². The summed E-state index contributed by atoms with van der Waals surface area (Å²) in [5, 5.41) is 0. The number of methoxy groups -OCH3 is 1. The van der Waals surface area contributed by atoms with Gasteiger partial charge in [-0.25, -0.2) is 0 Å². The lowest BCUT2D eigenvalue weighted by Gasteiger charge is -2.41. The molecule has 4 nitrogen and oxygen atoms in total. The van der Waals surface area contributed by atoms with Crippen molar-refractivity contribution in [2.75, 3.05) is 13.7 Å². The van der Waals surface area contributed by atoms with Crippen LogP contribution in [0.5, 0.6) is 17.2 Å². The zero-order valence-electron chi connectivity index (χ0n) is 20.7. The molecule has 0 spiro atoms. The third-order valence-corrected chi connectivity index (χ3v) is 7.34. The second-order valence-electron chi connectivity index (χ2n) is 9.62. The van der Waals surface area contributed by atoms with Crippen LogP contribution < -0.4 is 14.2 Å². The maximum absolute atomic E-state index is 6.26. The van der Waals surface area contributed by atoms with Gasteiger partial charge in [0.15, 0.2) is 11.5 Å². The van der Waals surface area contributed by atoms with Crippen LogP contribution in [-0.2, 0) is 32.6 Å². The zero-order valence-corrected chi connectivity index (χ0v) is 20.7. The third kappa shape index (κ3) is 4.69. The smallest absolute Gasteiger partial charge is 0.162 e. The first-order valence-electron chi connectivity index (χ1n) is 12.7. The monoisotopic (exact) mass is 477 g/mol. The van der Waals surface area contributed by atoms with Crippen molar-refractivity contribution >= 4 is 0 Å². The molecular formula is C32H31NO3. The minimum atomic E-state index is 0.329. The van der Waals surface area contributed by atoms with Gasteiger partial charge in [0.1, 0.15) is 19.0 Å². The van der Waals surface area contributed by atoms with Gasteiger partial charge in [-0.2, -0.15) is 0 Å². The van der Waals surface area contributed by atoms with Crippen LogP contribution in [0.2, 0.25) is 0 Å². The number of ether oxygens (including phenoxy) is 3. The number of nitrogens with zero attached hydrogens (tertiary/aromatic N) is 1. The number of benzene rings is 4. The van der Waals surface area contributed by atoms with E-state index >= 15 is 0 Å². The van der Waals surface area contributed by atoms with Crippen LogP contribution in [0, 0.1) is 0 Å². The molecule has 2 heterocycles. The van der Waals surface area contributed by atoms with E-state index in [2.05, 4.69) is 59.5 Å². The van der Waals surface area contributed by atoms with Gasteiger partial charge in [0.25, 0.3) is 0 Å². The standard InChI is InChI=1S/C32H31NO3/c1-34-31-18-25-14-15-33-20-26-12-13-28(35-21-23-8-4-2-5-9-23)16-27(26)17-30(33)29(25)19-32(31)36-22-24-10-6-3-7-11-24/h2-13,16,18-19,30H,14-15,17,20-22H2,1H3. The lowest BCUT2D eigenvalue weighted by molar-refractivity contribution is 0.159. The third-order valence-electron chi connectivity index (χ3n) is 7.34. The molecule has 0 amide bonds. The van der Waals surface area contributed by atoms with Crippen LogP contribution in [0.15, 0.2) is 91.0 Å². The Morgan fingerprint density at radius 2 is 1.44 bits per heavy atom. The molecule has 0 saturated heterocycles. The van der Waals surface area contributed by atoms with Gasteiger partial charge in [0.05, 0.1) is 7.11 Å². The lowest BCUT2D eigenvalue weighted by atomic mass is 9.84. The fourth-order valence-electron chi connectivity index (χ4n) is 5.40. The number of rotatable bonds is 7. The Morgan fingerprint density at radius 3 is 2.17 bits per heavy atom. The SMILES string of the molecule is COc1cc2c(cc1OCc1ccccc1)C1Cc3cc(OCc4ccccc4)ccc3CN1CC2. The molecule has 0 bridgehead atoms. The van der Waals surface area contributed by atoms with Crippen molar-refractivity contribution in [2.24, 2.45) is 0 Å². The van der Waals surface area contributed by atoms with Crippen molar-refractivity contribution in [3.05, 3.63) is 124 Å². The molecule has 0 radical (unpaired) electrons. The number of hydrogen-bond acceptors (Lipinski definition) is 4. The van der Waals surface area contributed by atoms with Gasteiger partial charge >= 0.3 is 0 Å². The highest BCUT2D eigenvalue weighted by Gasteiger charge is 2.33. The maximum atomic E-state index is 6.26. The summed E-state index contributed by atoms with van der Waals surface area (Å²) in [6, 6.07) is 31.9. The Hall–Kier alpha value is -3.76. The molecule has 2 aliphatic heterocycles. The second-order valence-corrected chi connectivity index (χ2v) is 9.62. The summed E-state index contributed by atoms with van der Waals surface area (Å²) in [4.78, 5) is 2.60. The first-order valence-corrected chi connectivity index (χ1v) is 12.7. The highest BCUT2D eigenvalue weighted by Crippen LogP contribution is 2.43. The molecule has 182 valence electrons. The second kappa shape index (κ2) is 10.1. The molecule has 1 atom stereocenters. The summed E-state index contributed by atoms with van der Waals surface area (Å²) in [5.41, 5.74) is 7.81. The van der Waals surface area contributed by atoms with Crippen molar-refractivity contribution in [1.29, 1.82) is 0 Å². The predicted octanol–water partition coefficient (Wildman–Crippen LogP) is 6.51. The largest absolute Gasteiger partial charge is 0.493 e. The molecule has 0 aromatic heterocycles. The van der Waals surface area contributed by atoms with E-state index in [1.54, 1.807) is 7.11 Å². The summed E-state index contributed by atoms with van der Waals surface area (Å²) in [6.45, 7) is 3.12. The number of hydrogen-bond donors (Lipinski definition) is 0. The molecule has 4 aromatic rings. The first-order chi connectivity index (χ1) is 17.8. The van der Waals surface area contributed by atoms with Gasteiger partial charge in [-0.3, -0.25) is 4.90 Å². The van der Waals surface area contributed by atoms with Crippen molar-refractivity contribution in [3.63, 3.8) is 0 Å². The Morgan fingerprint density at radius 1 is 0.722 bits per heavy atom. The molecule has 6 rings (SSSR count). The molecule has 0 saturated carbocycles. The van der Waals surface area contributed by atoms with E-state index < -0.39 is 0 Å². The Bertz CT molecular complexity index is 1340. The van der Waals surface area contributed by atoms with Crippen LogP contribution in [0.1, 0.15) is 39.4 Å². The average Bonchev–Trinajstić information content (AvgIpc) is 2.94. The van der Waals surface area contributed by atoms with Crippen LogP contribution in [0.3, 0.4) is 0 Å². The summed E-state index contributed by atoms with van der Waals surface area (Å²) < 4.78 is 18.1. The Kier molecular flexibility index (Phi) is 6.35. The van der Waals surface area contributed by atoms with Crippen molar-refractivity contribution in [2.45, 2.75) is 38.6 Å². The highest BCUT2D eigenvalue weighted by molar-refractivity contribution is 5.51. The fourth-order valence-corrected chi connectivity index (χ4v) is 5.40. The molecule has 0 aliphatic carbocycles. The highest BCUT2D eigenvalue weighted by atomic mass is 16.5. The molecule has 4 heteroatoms. The minimum Gasteiger partial charge on any atom is -0.493 e. The quantitative estimate of drug-likeness (QED) is 0.304. The first kappa shape index (κ1) is 22.7. The van der Waals surface area contributed by atoms with Gasteiger partial charge in [-0.05, 0) is 70.5 Å². The molecular weight excluding hydrogens is 446 g/mol. The van der Waals surface area contributed by atoms with Crippen molar-refractivity contribution < 1.29 is 14.2 Å². The molecule has 2 aliphatic rings. The van der Waals surface area contributed by atoms with Crippen LogP contribution in [0.25, 0.3) is 0 Å². The normalized spacial score (nSPS) is 16.4. The summed E-state index contributed by atoms with van der Waals surface area (Å²) in [6.07, 6.45) is 1.99. The molecule has 4 aromatic carbocycles. The Labute approximate surface area is 213 Å². The van der Waals surface area contributed by atoms with Crippen molar-refractivity contribution in [1.82, 2.24) is 4.90 Å². The van der Waals surface area contributed by atoms with Gasteiger partial charge in [0, 0.05) is 19.1 Å².